The third-order valence-corrected chi connectivity index (χ3v) is 4.32. The number of carbonyl (C=O) groups is 1. The molecule has 0 radical (unpaired) electrons. The van der Waals surface area contributed by atoms with E-state index in [2.05, 4.69) is 19.2 Å². The SMILES string of the molecule is CCCCCCCCCC(C)NC(=O)/C=C(/C)c1cccc(N)c1. The fourth-order valence-corrected chi connectivity index (χ4v) is 2.83. The molecule has 1 rings (SSSR count). The van der Waals surface area contributed by atoms with E-state index in [0.29, 0.717) is 5.69 Å². The number of rotatable bonds is 11. The Balaban J connectivity index is 2.27. The molecular weight excluding hydrogens is 296 g/mol. The molecule has 0 saturated heterocycles. The van der Waals surface area contributed by atoms with E-state index in [0.717, 1.165) is 17.6 Å². The number of hydrogen-bond acceptors (Lipinski definition) is 2. The van der Waals surface area contributed by atoms with E-state index < -0.39 is 0 Å². The van der Waals surface area contributed by atoms with Crippen LogP contribution in [0.25, 0.3) is 5.57 Å². The Morgan fingerprint density at radius 1 is 1.17 bits per heavy atom. The summed E-state index contributed by atoms with van der Waals surface area (Å²) >= 11 is 0. The summed E-state index contributed by atoms with van der Waals surface area (Å²) < 4.78 is 0. The summed E-state index contributed by atoms with van der Waals surface area (Å²) in [7, 11) is 0. The molecule has 1 aromatic rings. The third kappa shape index (κ3) is 8.76. The third-order valence-electron chi connectivity index (χ3n) is 4.32. The van der Waals surface area contributed by atoms with Gasteiger partial charge in [0.05, 0.1) is 0 Å². The molecule has 0 aliphatic carbocycles. The number of carbonyl (C=O) groups excluding carboxylic acids is 1. The number of unbranched alkanes of at least 4 members (excludes halogenated alkanes) is 6. The first-order chi connectivity index (χ1) is 11.5. The van der Waals surface area contributed by atoms with Crippen LogP contribution in [0.2, 0.25) is 0 Å². The standard InChI is InChI=1S/C21H34N2O/c1-4-5-6-7-8-9-10-12-18(3)23-21(24)15-17(2)19-13-11-14-20(22)16-19/h11,13-16,18H,4-10,12,22H2,1-3H3,(H,23,24)/b17-15-. The molecule has 1 unspecified atom stereocenters. The highest BCUT2D eigenvalue weighted by atomic mass is 16.1. The van der Waals surface area contributed by atoms with Gasteiger partial charge in [-0.25, -0.2) is 0 Å². The van der Waals surface area contributed by atoms with Gasteiger partial charge in [-0.2, -0.15) is 0 Å². The summed E-state index contributed by atoms with van der Waals surface area (Å²) in [6.07, 6.45) is 11.8. The fourth-order valence-electron chi connectivity index (χ4n) is 2.83. The van der Waals surface area contributed by atoms with Crippen LogP contribution in [-0.4, -0.2) is 11.9 Å². The highest BCUT2D eigenvalue weighted by Crippen LogP contribution is 2.16. The molecule has 0 heterocycles. The Kier molecular flexibility index (Phi) is 9.90. The van der Waals surface area contributed by atoms with Crippen molar-refractivity contribution in [1.82, 2.24) is 5.32 Å². The topological polar surface area (TPSA) is 55.1 Å². The summed E-state index contributed by atoms with van der Waals surface area (Å²) in [6, 6.07) is 7.83. The molecule has 0 aliphatic rings. The molecule has 0 aromatic heterocycles. The van der Waals surface area contributed by atoms with Gasteiger partial charge in [0, 0.05) is 17.8 Å². The number of nitrogens with two attached hydrogens (primary N) is 1. The molecule has 134 valence electrons. The van der Waals surface area contributed by atoms with Crippen LogP contribution in [0.1, 0.15) is 77.7 Å². The van der Waals surface area contributed by atoms with Crippen LogP contribution in [-0.2, 0) is 4.79 Å². The van der Waals surface area contributed by atoms with E-state index in [9.17, 15) is 4.79 Å². The Hall–Kier alpha value is -1.77. The van der Waals surface area contributed by atoms with Gasteiger partial charge in [-0.1, -0.05) is 64.0 Å². The van der Waals surface area contributed by atoms with E-state index in [-0.39, 0.29) is 11.9 Å². The van der Waals surface area contributed by atoms with Gasteiger partial charge < -0.3 is 11.1 Å². The fraction of sp³-hybridized carbons (Fsp3) is 0.571. The molecule has 0 spiro atoms. The number of allylic oxidation sites excluding steroid dienone is 1. The Morgan fingerprint density at radius 2 is 1.83 bits per heavy atom. The minimum atomic E-state index is -0.0228. The van der Waals surface area contributed by atoms with Crippen molar-refractivity contribution in [3.63, 3.8) is 0 Å². The van der Waals surface area contributed by atoms with E-state index in [1.165, 1.54) is 44.9 Å². The Bertz CT molecular complexity index is 522. The lowest BCUT2D eigenvalue weighted by atomic mass is 10.0. The number of amides is 1. The molecule has 1 amide bonds. The first kappa shape index (κ1) is 20.3. The predicted molar refractivity (Wildman–Crippen MR) is 105 cm³/mol. The van der Waals surface area contributed by atoms with E-state index in [4.69, 9.17) is 5.73 Å². The monoisotopic (exact) mass is 330 g/mol. The second kappa shape index (κ2) is 11.7. The maximum atomic E-state index is 12.1. The molecule has 1 atom stereocenters. The highest BCUT2D eigenvalue weighted by Gasteiger charge is 2.06. The summed E-state index contributed by atoms with van der Waals surface area (Å²) in [5.41, 5.74) is 8.43. The number of nitrogen functional groups attached to an aromatic ring is 1. The first-order valence-corrected chi connectivity index (χ1v) is 9.37. The van der Waals surface area contributed by atoms with Crippen molar-refractivity contribution in [3.8, 4) is 0 Å². The van der Waals surface area contributed by atoms with Crippen molar-refractivity contribution in [1.29, 1.82) is 0 Å². The molecule has 24 heavy (non-hydrogen) atoms. The molecule has 3 heteroatoms. The van der Waals surface area contributed by atoms with Gasteiger partial charge in [0.15, 0.2) is 0 Å². The summed E-state index contributed by atoms with van der Waals surface area (Å²) in [4.78, 5) is 12.1. The van der Waals surface area contributed by atoms with Crippen LogP contribution in [0, 0.1) is 0 Å². The minimum absolute atomic E-state index is 0.0228. The average Bonchev–Trinajstić information content (AvgIpc) is 2.53. The second-order valence-corrected chi connectivity index (χ2v) is 6.77. The van der Waals surface area contributed by atoms with Crippen LogP contribution in [0.5, 0.6) is 0 Å². The van der Waals surface area contributed by atoms with Gasteiger partial charge in [0.25, 0.3) is 0 Å². The minimum Gasteiger partial charge on any atom is -0.399 e. The van der Waals surface area contributed by atoms with Crippen molar-refractivity contribution in [3.05, 3.63) is 35.9 Å². The van der Waals surface area contributed by atoms with Crippen LogP contribution >= 0.6 is 0 Å². The highest BCUT2D eigenvalue weighted by molar-refractivity contribution is 5.95. The molecule has 0 bridgehead atoms. The maximum absolute atomic E-state index is 12.1. The zero-order valence-corrected chi connectivity index (χ0v) is 15.6. The smallest absolute Gasteiger partial charge is 0.244 e. The molecule has 0 saturated carbocycles. The van der Waals surface area contributed by atoms with Crippen LogP contribution in [0.15, 0.2) is 30.3 Å². The second-order valence-electron chi connectivity index (χ2n) is 6.77. The van der Waals surface area contributed by atoms with Gasteiger partial charge in [-0.05, 0) is 43.5 Å². The van der Waals surface area contributed by atoms with Crippen molar-refractivity contribution >= 4 is 17.2 Å². The van der Waals surface area contributed by atoms with Gasteiger partial charge in [0.1, 0.15) is 0 Å². The summed E-state index contributed by atoms with van der Waals surface area (Å²) in [5, 5.41) is 3.06. The van der Waals surface area contributed by atoms with E-state index >= 15 is 0 Å². The lowest BCUT2D eigenvalue weighted by Gasteiger charge is -2.13. The zero-order valence-electron chi connectivity index (χ0n) is 15.6. The summed E-state index contributed by atoms with van der Waals surface area (Å²) in [6.45, 7) is 6.27. The lowest BCUT2D eigenvalue weighted by Crippen LogP contribution is -2.31. The predicted octanol–water partition coefficient (Wildman–Crippen LogP) is 5.32. The van der Waals surface area contributed by atoms with Gasteiger partial charge in [-0.15, -0.1) is 0 Å². The first-order valence-electron chi connectivity index (χ1n) is 9.37. The normalized spacial score (nSPS) is 12.9. The van der Waals surface area contributed by atoms with Gasteiger partial charge in [-0.3, -0.25) is 4.79 Å². The number of nitrogens with one attached hydrogen (secondary N) is 1. The van der Waals surface area contributed by atoms with Crippen LogP contribution in [0.3, 0.4) is 0 Å². The van der Waals surface area contributed by atoms with Crippen LogP contribution < -0.4 is 11.1 Å². The number of hydrogen-bond donors (Lipinski definition) is 2. The average molecular weight is 331 g/mol. The van der Waals surface area contributed by atoms with Crippen molar-refractivity contribution in [2.75, 3.05) is 5.73 Å². The number of benzene rings is 1. The van der Waals surface area contributed by atoms with Crippen molar-refractivity contribution in [2.24, 2.45) is 0 Å². The molecule has 1 aromatic carbocycles. The summed E-state index contributed by atoms with van der Waals surface area (Å²) in [5.74, 6) is -0.0228. The van der Waals surface area contributed by atoms with Crippen LogP contribution in [0.4, 0.5) is 5.69 Å². The molecule has 0 aliphatic heterocycles. The van der Waals surface area contributed by atoms with Gasteiger partial charge in [0.2, 0.25) is 5.91 Å². The van der Waals surface area contributed by atoms with E-state index in [1.54, 1.807) is 6.08 Å². The van der Waals surface area contributed by atoms with E-state index in [1.807, 2.05) is 31.2 Å². The largest absolute Gasteiger partial charge is 0.399 e. The number of anilines is 1. The quantitative estimate of drug-likeness (QED) is 0.328. The zero-order chi connectivity index (χ0) is 17.8. The Morgan fingerprint density at radius 3 is 2.50 bits per heavy atom. The van der Waals surface area contributed by atoms with Crippen molar-refractivity contribution < 1.29 is 4.79 Å². The molecule has 3 nitrogen and oxygen atoms in total. The van der Waals surface area contributed by atoms with Gasteiger partial charge >= 0.3 is 0 Å². The molecule has 0 fully saturated rings. The Labute approximate surface area is 147 Å². The van der Waals surface area contributed by atoms with Crippen molar-refractivity contribution in [2.45, 2.75) is 78.2 Å². The lowest BCUT2D eigenvalue weighted by molar-refractivity contribution is -0.117. The molecular formula is C21H34N2O. The molecule has 3 N–H and O–H groups in total. The maximum Gasteiger partial charge on any atom is 0.244 e.